The fraction of sp³-hybridized carbons (Fsp3) is 0.130. The summed E-state index contributed by atoms with van der Waals surface area (Å²) in [6, 6.07) is 18.1. The number of hydrogen-bond acceptors (Lipinski definition) is 3. The molecular formula is C23H14Cl2F3N3O. The molecule has 0 aliphatic heterocycles. The summed E-state index contributed by atoms with van der Waals surface area (Å²) in [5.41, 5.74) is 3.43. The molecule has 0 aliphatic rings. The van der Waals surface area contributed by atoms with Gasteiger partial charge in [0, 0.05) is 16.5 Å². The molecule has 32 heavy (non-hydrogen) atoms. The van der Waals surface area contributed by atoms with E-state index in [1.807, 2.05) is 4.57 Å². The lowest BCUT2D eigenvalue weighted by Gasteiger charge is -2.12. The number of imidazole rings is 1. The summed E-state index contributed by atoms with van der Waals surface area (Å²) in [6.07, 6.45) is -4.40. The number of nitriles is 1. The zero-order valence-electron chi connectivity index (χ0n) is 16.3. The van der Waals surface area contributed by atoms with Crippen LogP contribution in [0.5, 0.6) is 5.75 Å². The monoisotopic (exact) mass is 475 g/mol. The van der Waals surface area contributed by atoms with E-state index in [0.717, 1.165) is 16.6 Å². The zero-order valence-corrected chi connectivity index (χ0v) is 17.8. The van der Waals surface area contributed by atoms with Crippen LogP contribution in [0.15, 0.2) is 60.7 Å². The van der Waals surface area contributed by atoms with E-state index in [4.69, 9.17) is 23.2 Å². The predicted molar refractivity (Wildman–Crippen MR) is 116 cm³/mol. The number of alkyl halides is 3. The maximum absolute atomic E-state index is 12.4. The minimum atomic E-state index is -4.75. The normalized spacial score (nSPS) is 11.5. The fourth-order valence-corrected chi connectivity index (χ4v) is 3.75. The molecule has 0 aliphatic carbocycles. The maximum Gasteiger partial charge on any atom is 0.573 e. The first-order valence-corrected chi connectivity index (χ1v) is 10.2. The summed E-state index contributed by atoms with van der Waals surface area (Å²) in [7, 11) is 0. The van der Waals surface area contributed by atoms with Gasteiger partial charge in [0.05, 0.1) is 29.2 Å². The number of rotatable bonds is 5. The van der Waals surface area contributed by atoms with E-state index < -0.39 is 6.36 Å². The van der Waals surface area contributed by atoms with Gasteiger partial charge < -0.3 is 9.30 Å². The van der Waals surface area contributed by atoms with Crippen LogP contribution in [0.25, 0.3) is 11.0 Å². The third-order valence-electron chi connectivity index (χ3n) is 4.81. The fourth-order valence-electron chi connectivity index (χ4n) is 3.38. The number of aromatic nitrogens is 2. The standard InChI is InChI=1S/C23H14Cl2F3N3O/c24-17-4-7-19(25)16(11-17)13-31-21-9-15(12-29)3-8-20(21)30-22(31)10-14-1-5-18(6-2-14)32-23(26,27)28/h1-9,11H,10,13H2. The summed E-state index contributed by atoms with van der Waals surface area (Å²) >= 11 is 12.5. The molecule has 4 nitrogen and oxygen atoms in total. The highest BCUT2D eigenvalue weighted by Crippen LogP contribution is 2.27. The molecule has 0 amide bonds. The van der Waals surface area contributed by atoms with Crippen molar-refractivity contribution in [3.05, 3.63) is 93.2 Å². The van der Waals surface area contributed by atoms with Crippen LogP contribution in [0.2, 0.25) is 10.0 Å². The molecule has 0 fully saturated rings. The Bertz CT molecular complexity index is 1330. The van der Waals surface area contributed by atoms with Crippen molar-refractivity contribution in [3.8, 4) is 11.8 Å². The smallest absolute Gasteiger partial charge is 0.406 e. The van der Waals surface area contributed by atoms with Crippen molar-refractivity contribution in [2.45, 2.75) is 19.3 Å². The quantitative estimate of drug-likeness (QED) is 0.320. The average Bonchev–Trinajstić information content (AvgIpc) is 3.07. The van der Waals surface area contributed by atoms with Gasteiger partial charge in [-0.15, -0.1) is 13.2 Å². The van der Waals surface area contributed by atoms with Crippen LogP contribution >= 0.6 is 23.2 Å². The Balaban J connectivity index is 1.73. The molecule has 1 heterocycles. The van der Waals surface area contributed by atoms with E-state index in [0.29, 0.717) is 39.9 Å². The van der Waals surface area contributed by atoms with E-state index in [1.165, 1.54) is 12.1 Å². The topological polar surface area (TPSA) is 50.8 Å². The molecular weight excluding hydrogens is 462 g/mol. The van der Waals surface area contributed by atoms with Gasteiger partial charge in [-0.05, 0) is 59.7 Å². The SMILES string of the molecule is N#Cc1ccc2nc(Cc3ccc(OC(F)(F)F)cc3)n(Cc3cc(Cl)ccc3Cl)c2c1. The molecule has 0 unspecified atom stereocenters. The molecule has 0 atom stereocenters. The predicted octanol–water partition coefficient (Wildman–Crippen LogP) is 6.75. The van der Waals surface area contributed by atoms with Gasteiger partial charge in [0.2, 0.25) is 0 Å². The largest absolute Gasteiger partial charge is 0.573 e. The third-order valence-corrected chi connectivity index (χ3v) is 5.42. The lowest BCUT2D eigenvalue weighted by molar-refractivity contribution is -0.274. The third kappa shape index (κ3) is 4.98. The number of fused-ring (bicyclic) bond motifs is 1. The van der Waals surface area contributed by atoms with E-state index in [-0.39, 0.29) is 5.75 Å². The molecule has 4 rings (SSSR count). The lowest BCUT2D eigenvalue weighted by Crippen LogP contribution is -2.17. The van der Waals surface area contributed by atoms with Crippen LogP contribution < -0.4 is 4.74 Å². The van der Waals surface area contributed by atoms with E-state index in [2.05, 4.69) is 15.8 Å². The maximum atomic E-state index is 12.4. The van der Waals surface area contributed by atoms with E-state index in [1.54, 1.807) is 48.5 Å². The number of benzene rings is 3. The second kappa shape index (κ2) is 8.73. The molecule has 0 saturated heterocycles. The molecule has 0 saturated carbocycles. The Morgan fingerprint density at radius 3 is 2.44 bits per heavy atom. The highest BCUT2D eigenvalue weighted by atomic mass is 35.5. The molecule has 162 valence electrons. The summed E-state index contributed by atoms with van der Waals surface area (Å²) in [5.74, 6) is 0.370. The van der Waals surface area contributed by atoms with Crippen LogP contribution in [-0.4, -0.2) is 15.9 Å². The van der Waals surface area contributed by atoms with Gasteiger partial charge in [0.1, 0.15) is 11.6 Å². The van der Waals surface area contributed by atoms with Crippen LogP contribution in [0.1, 0.15) is 22.5 Å². The molecule has 4 aromatic rings. The average molecular weight is 476 g/mol. The summed E-state index contributed by atoms with van der Waals surface area (Å²) in [6.45, 7) is 0.357. The Kier molecular flexibility index (Phi) is 6.00. The minimum absolute atomic E-state index is 0.292. The second-order valence-corrected chi connectivity index (χ2v) is 7.88. The van der Waals surface area contributed by atoms with Crippen LogP contribution in [0.3, 0.4) is 0 Å². The molecule has 0 bridgehead atoms. The molecule has 0 radical (unpaired) electrons. The van der Waals surface area contributed by atoms with Crippen molar-refractivity contribution >= 4 is 34.2 Å². The molecule has 9 heteroatoms. The first-order valence-electron chi connectivity index (χ1n) is 9.40. The van der Waals surface area contributed by atoms with Crippen molar-refractivity contribution in [1.82, 2.24) is 9.55 Å². The second-order valence-electron chi connectivity index (χ2n) is 7.03. The highest BCUT2D eigenvalue weighted by Gasteiger charge is 2.31. The summed E-state index contributed by atoms with van der Waals surface area (Å²) in [5, 5.41) is 10.4. The summed E-state index contributed by atoms with van der Waals surface area (Å²) in [4.78, 5) is 4.68. The first kappa shape index (κ1) is 22.0. The molecule has 0 N–H and O–H groups in total. The van der Waals surface area contributed by atoms with Gasteiger partial charge in [-0.2, -0.15) is 5.26 Å². The number of hydrogen-bond donors (Lipinski definition) is 0. The van der Waals surface area contributed by atoms with Crippen LogP contribution in [0.4, 0.5) is 13.2 Å². The Labute approximate surface area is 191 Å². The van der Waals surface area contributed by atoms with Gasteiger partial charge in [-0.1, -0.05) is 35.3 Å². The van der Waals surface area contributed by atoms with E-state index >= 15 is 0 Å². The van der Waals surface area contributed by atoms with Crippen LogP contribution in [-0.2, 0) is 13.0 Å². The Morgan fingerprint density at radius 1 is 1.00 bits per heavy atom. The zero-order chi connectivity index (χ0) is 22.9. The highest BCUT2D eigenvalue weighted by molar-refractivity contribution is 6.33. The van der Waals surface area contributed by atoms with Gasteiger partial charge in [0.25, 0.3) is 0 Å². The van der Waals surface area contributed by atoms with Crippen molar-refractivity contribution in [3.63, 3.8) is 0 Å². The molecule has 1 aromatic heterocycles. The summed E-state index contributed by atoms with van der Waals surface area (Å²) < 4.78 is 43.1. The van der Waals surface area contributed by atoms with E-state index in [9.17, 15) is 18.4 Å². The van der Waals surface area contributed by atoms with Crippen LogP contribution in [0, 0.1) is 11.3 Å². The van der Waals surface area contributed by atoms with Gasteiger partial charge in [-0.25, -0.2) is 4.98 Å². The minimum Gasteiger partial charge on any atom is -0.406 e. The number of nitrogens with zero attached hydrogens (tertiary/aromatic N) is 3. The first-order chi connectivity index (χ1) is 15.2. The van der Waals surface area contributed by atoms with Gasteiger partial charge >= 0.3 is 6.36 Å². The van der Waals surface area contributed by atoms with Crippen molar-refractivity contribution in [2.75, 3.05) is 0 Å². The van der Waals surface area contributed by atoms with Crippen molar-refractivity contribution in [1.29, 1.82) is 5.26 Å². The molecule has 0 spiro atoms. The Hall–Kier alpha value is -3.21. The van der Waals surface area contributed by atoms with Crippen molar-refractivity contribution in [2.24, 2.45) is 0 Å². The number of halogens is 5. The number of ether oxygens (including phenoxy) is 1. The van der Waals surface area contributed by atoms with Gasteiger partial charge in [-0.3, -0.25) is 0 Å². The Morgan fingerprint density at radius 2 is 1.75 bits per heavy atom. The van der Waals surface area contributed by atoms with Crippen molar-refractivity contribution < 1.29 is 17.9 Å². The van der Waals surface area contributed by atoms with Gasteiger partial charge in [0.15, 0.2) is 0 Å². The molecule has 3 aromatic carbocycles. The lowest BCUT2D eigenvalue weighted by atomic mass is 10.1.